The van der Waals surface area contributed by atoms with Crippen molar-refractivity contribution in [3.63, 3.8) is 0 Å². The Morgan fingerprint density at radius 3 is 2.74 bits per heavy atom. The molecular weight excluding hydrogens is 244 g/mol. The number of anilines is 1. The van der Waals surface area contributed by atoms with Crippen LogP contribution in [0.15, 0.2) is 18.2 Å². The molecule has 0 saturated heterocycles. The first-order valence-electron chi connectivity index (χ1n) is 6.66. The van der Waals surface area contributed by atoms with E-state index in [9.17, 15) is 10.1 Å². The molecule has 0 spiro atoms. The van der Waals surface area contributed by atoms with Crippen LogP contribution >= 0.6 is 0 Å². The quantitative estimate of drug-likeness (QED) is 0.603. The molecule has 5 heteroatoms. The van der Waals surface area contributed by atoms with Gasteiger partial charge in [0.05, 0.1) is 12.0 Å². The predicted molar refractivity (Wildman–Crippen MR) is 74.7 cm³/mol. The van der Waals surface area contributed by atoms with E-state index >= 15 is 0 Å². The van der Waals surface area contributed by atoms with Crippen LogP contribution in [0.3, 0.4) is 0 Å². The predicted octanol–water partition coefficient (Wildman–Crippen LogP) is 3.60. The van der Waals surface area contributed by atoms with Crippen molar-refractivity contribution in [1.82, 2.24) is 0 Å². The number of hydrogen-bond acceptors (Lipinski definition) is 4. The third-order valence-corrected chi connectivity index (χ3v) is 3.78. The number of nitrogens with zero attached hydrogens (tertiary/aromatic N) is 1. The second kappa shape index (κ2) is 5.47. The first-order chi connectivity index (χ1) is 9.10. The zero-order chi connectivity index (χ0) is 13.9. The molecule has 0 aromatic heterocycles. The SMILES string of the molecule is CCCC1(CNc2ccc([N+](=O)[O-])c(OC)c2)CC1. The van der Waals surface area contributed by atoms with Crippen molar-refractivity contribution in [1.29, 1.82) is 0 Å². The van der Waals surface area contributed by atoms with Gasteiger partial charge in [0.15, 0.2) is 5.75 Å². The van der Waals surface area contributed by atoms with Gasteiger partial charge >= 0.3 is 5.69 Å². The Kier molecular flexibility index (Phi) is 3.93. The number of nitro benzene ring substituents is 1. The summed E-state index contributed by atoms with van der Waals surface area (Å²) in [6.07, 6.45) is 4.99. The molecular formula is C14H20N2O3. The summed E-state index contributed by atoms with van der Waals surface area (Å²) in [6.45, 7) is 3.14. The fraction of sp³-hybridized carbons (Fsp3) is 0.571. The van der Waals surface area contributed by atoms with Crippen LogP contribution in [-0.4, -0.2) is 18.6 Å². The van der Waals surface area contributed by atoms with E-state index in [1.807, 2.05) is 0 Å². The average molecular weight is 264 g/mol. The molecule has 0 unspecified atom stereocenters. The van der Waals surface area contributed by atoms with Gasteiger partial charge in [-0.3, -0.25) is 10.1 Å². The van der Waals surface area contributed by atoms with Crippen molar-refractivity contribution in [2.24, 2.45) is 5.41 Å². The number of hydrogen-bond donors (Lipinski definition) is 1. The summed E-state index contributed by atoms with van der Waals surface area (Å²) in [6, 6.07) is 4.92. The third kappa shape index (κ3) is 3.16. The monoisotopic (exact) mass is 264 g/mol. The van der Waals surface area contributed by atoms with Crippen molar-refractivity contribution >= 4 is 11.4 Å². The highest BCUT2D eigenvalue weighted by Gasteiger charge is 2.41. The van der Waals surface area contributed by atoms with Gasteiger partial charge in [-0.15, -0.1) is 0 Å². The van der Waals surface area contributed by atoms with Gasteiger partial charge in [0.1, 0.15) is 0 Å². The van der Waals surface area contributed by atoms with Crippen molar-refractivity contribution in [2.75, 3.05) is 19.0 Å². The number of benzene rings is 1. The van der Waals surface area contributed by atoms with Crippen molar-refractivity contribution in [3.8, 4) is 5.75 Å². The number of rotatable bonds is 7. The highest BCUT2D eigenvalue weighted by molar-refractivity contribution is 5.58. The summed E-state index contributed by atoms with van der Waals surface area (Å²) >= 11 is 0. The Labute approximate surface area is 113 Å². The highest BCUT2D eigenvalue weighted by atomic mass is 16.6. The summed E-state index contributed by atoms with van der Waals surface area (Å²) in [4.78, 5) is 10.4. The smallest absolute Gasteiger partial charge is 0.311 e. The number of nitrogens with one attached hydrogen (secondary N) is 1. The third-order valence-electron chi connectivity index (χ3n) is 3.78. The van der Waals surface area contributed by atoms with E-state index in [1.165, 1.54) is 38.9 Å². The number of ether oxygens (including phenoxy) is 1. The lowest BCUT2D eigenvalue weighted by Crippen LogP contribution is -2.15. The molecule has 0 atom stereocenters. The fourth-order valence-corrected chi connectivity index (χ4v) is 2.45. The molecule has 1 saturated carbocycles. The summed E-state index contributed by atoms with van der Waals surface area (Å²) in [5.41, 5.74) is 1.33. The lowest BCUT2D eigenvalue weighted by molar-refractivity contribution is -0.385. The van der Waals surface area contributed by atoms with E-state index in [4.69, 9.17) is 4.74 Å². The molecule has 1 N–H and O–H groups in total. The molecule has 0 heterocycles. The van der Waals surface area contributed by atoms with Crippen molar-refractivity contribution < 1.29 is 9.66 Å². The van der Waals surface area contributed by atoms with Crippen LogP contribution in [0.2, 0.25) is 0 Å². The van der Waals surface area contributed by atoms with E-state index in [2.05, 4.69) is 12.2 Å². The molecule has 2 rings (SSSR count). The second-order valence-electron chi connectivity index (χ2n) is 5.25. The van der Waals surface area contributed by atoms with E-state index in [0.717, 1.165) is 12.2 Å². The fourth-order valence-electron chi connectivity index (χ4n) is 2.45. The summed E-state index contributed by atoms with van der Waals surface area (Å²) in [7, 11) is 1.45. The normalized spacial score (nSPS) is 15.9. The van der Waals surface area contributed by atoms with Crippen LogP contribution < -0.4 is 10.1 Å². The van der Waals surface area contributed by atoms with Gasteiger partial charge in [0.25, 0.3) is 0 Å². The minimum Gasteiger partial charge on any atom is -0.490 e. The number of nitro groups is 1. The average Bonchev–Trinajstić information content (AvgIpc) is 3.16. The zero-order valence-corrected chi connectivity index (χ0v) is 11.4. The van der Waals surface area contributed by atoms with Gasteiger partial charge in [0.2, 0.25) is 0 Å². The molecule has 0 amide bonds. The summed E-state index contributed by atoms with van der Waals surface area (Å²) in [5, 5.41) is 14.2. The molecule has 0 bridgehead atoms. The minimum absolute atomic E-state index is 0.00254. The Morgan fingerprint density at radius 1 is 1.47 bits per heavy atom. The maximum absolute atomic E-state index is 10.8. The molecule has 0 aliphatic heterocycles. The molecule has 1 aromatic carbocycles. The summed E-state index contributed by atoms with van der Waals surface area (Å²) < 4.78 is 5.06. The number of methoxy groups -OCH3 is 1. The van der Waals surface area contributed by atoms with Crippen LogP contribution in [0, 0.1) is 15.5 Å². The first kappa shape index (κ1) is 13.6. The first-order valence-corrected chi connectivity index (χ1v) is 6.66. The van der Waals surface area contributed by atoms with Gasteiger partial charge in [-0.25, -0.2) is 0 Å². The standard InChI is InChI=1S/C14H20N2O3/c1-3-6-14(7-8-14)10-15-11-4-5-12(16(17)18)13(9-11)19-2/h4-5,9,15H,3,6-8,10H2,1-2H3. The van der Waals surface area contributed by atoms with Crippen LogP contribution in [0.1, 0.15) is 32.6 Å². The van der Waals surface area contributed by atoms with Crippen LogP contribution in [-0.2, 0) is 0 Å². The van der Waals surface area contributed by atoms with E-state index in [-0.39, 0.29) is 5.69 Å². The minimum atomic E-state index is -0.428. The molecule has 19 heavy (non-hydrogen) atoms. The van der Waals surface area contributed by atoms with E-state index < -0.39 is 4.92 Å². The Bertz CT molecular complexity index is 470. The van der Waals surface area contributed by atoms with Gasteiger partial charge in [-0.05, 0) is 30.7 Å². The molecule has 0 radical (unpaired) electrons. The van der Waals surface area contributed by atoms with Gasteiger partial charge in [-0.1, -0.05) is 13.3 Å². The molecule has 1 aromatic rings. The van der Waals surface area contributed by atoms with E-state index in [1.54, 1.807) is 12.1 Å². The topological polar surface area (TPSA) is 64.4 Å². The largest absolute Gasteiger partial charge is 0.490 e. The van der Waals surface area contributed by atoms with Crippen molar-refractivity contribution in [2.45, 2.75) is 32.6 Å². The Balaban J connectivity index is 2.03. The Hall–Kier alpha value is -1.78. The van der Waals surface area contributed by atoms with Crippen molar-refractivity contribution in [3.05, 3.63) is 28.3 Å². The van der Waals surface area contributed by atoms with Gasteiger partial charge < -0.3 is 10.1 Å². The lowest BCUT2D eigenvalue weighted by Gasteiger charge is -2.16. The molecule has 104 valence electrons. The van der Waals surface area contributed by atoms with Gasteiger partial charge in [-0.2, -0.15) is 0 Å². The lowest BCUT2D eigenvalue weighted by atomic mass is 10.0. The second-order valence-corrected chi connectivity index (χ2v) is 5.25. The zero-order valence-electron chi connectivity index (χ0n) is 11.4. The maximum atomic E-state index is 10.8. The maximum Gasteiger partial charge on any atom is 0.311 e. The highest BCUT2D eigenvalue weighted by Crippen LogP contribution is 2.49. The van der Waals surface area contributed by atoms with Crippen LogP contribution in [0.4, 0.5) is 11.4 Å². The van der Waals surface area contributed by atoms with Gasteiger partial charge in [0, 0.05) is 24.4 Å². The van der Waals surface area contributed by atoms with Crippen LogP contribution in [0.5, 0.6) is 5.75 Å². The molecule has 1 aliphatic rings. The molecule has 1 fully saturated rings. The molecule has 1 aliphatic carbocycles. The van der Waals surface area contributed by atoms with E-state index in [0.29, 0.717) is 11.2 Å². The van der Waals surface area contributed by atoms with Crippen LogP contribution in [0.25, 0.3) is 0 Å². The Morgan fingerprint density at radius 2 is 2.21 bits per heavy atom. The molecule has 5 nitrogen and oxygen atoms in total. The summed E-state index contributed by atoms with van der Waals surface area (Å²) in [5.74, 6) is 0.301.